The summed E-state index contributed by atoms with van der Waals surface area (Å²) in [6.45, 7) is 0.599. The Morgan fingerprint density at radius 1 is 1.17 bits per heavy atom. The fourth-order valence-electron chi connectivity index (χ4n) is 2.74. The topological polar surface area (TPSA) is 55.6 Å². The second-order valence-electron chi connectivity index (χ2n) is 5.58. The molecule has 1 aromatic carbocycles. The van der Waals surface area contributed by atoms with E-state index in [0.29, 0.717) is 19.4 Å². The second-order valence-corrected chi connectivity index (χ2v) is 5.58. The van der Waals surface area contributed by atoms with Crippen LogP contribution in [0.2, 0.25) is 0 Å². The molecular formula is C19H21N3O2. The second kappa shape index (κ2) is 7.64. The molecular weight excluding hydrogens is 302 g/mol. The lowest BCUT2D eigenvalue weighted by Crippen LogP contribution is -2.26. The van der Waals surface area contributed by atoms with E-state index in [1.807, 2.05) is 59.3 Å². The first kappa shape index (κ1) is 16.1. The van der Waals surface area contributed by atoms with Crippen LogP contribution in [0, 0.1) is 0 Å². The number of benzene rings is 1. The van der Waals surface area contributed by atoms with Crippen molar-refractivity contribution in [3.8, 4) is 5.75 Å². The van der Waals surface area contributed by atoms with Crippen molar-refractivity contribution in [3.05, 3.63) is 66.2 Å². The van der Waals surface area contributed by atoms with E-state index in [2.05, 4.69) is 10.3 Å². The first-order valence-corrected chi connectivity index (χ1v) is 8.07. The number of rotatable bonds is 7. The van der Waals surface area contributed by atoms with Crippen molar-refractivity contribution in [2.45, 2.75) is 19.3 Å². The van der Waals surface area contributed by atoms with E-state index in [-0.39, 0.29) is 5.91 Å². The summed E-state index contributed by atoms with van der Waals surface area (Å²) >= 11 is 0. The number of para-hydroxylation sites is 1. The van der Waals surface area contributed by atoms with Crippen molar-refractivity contribution in [1.82, 2.24) is 14.7 Å². The third-order valence-electron chi connectivity index (χ3n) is 4.00. The lowest BCUT2D eigenvalue weighted by molar-refractivity contribution is -0.121. The van der Waals surface area contributed by atoms with Gasteiger partial charge < -0.3 is 14.5 Å². The van der Waals surface area contributed by atoms with Crippen LogP contribution in [0.15, 0.2) is 54.9 Å². The van der Waals surface area contributed by atoms with Crippen LogP contribution < -0.4 is 10.1 Å². The minimum Gasteiger partial charge on any atom is -0.496 e. The van der Waals surface area contributed by atoms with Crippen LogP contribution in [0.3, 0.4) is 0 Å². The van der Waals surface area contributed by atoms with E-state index in [1.54, 1.807) is 7.11 Å². The summed E-state index contributed by atoms with van der Waals surface area (Å²) in [4.78, 5) is 16.4. The summed E-state index contributed by atoms with van der Waals surface area (Å²) in [5, 5.41) is 2.96. The monoisotopic (exact) mass is 323 g/mol. The smallest absolute Gasteiger partial charge is 0.220 e. The molecule has 5 nitrogen and oxygen atoms in total. The molecule has 0 bridgehead atoms. The van der Waals surface area contributed by atoms with Gasteiger partial charge in [-0.15, -0.1) is 0 Å². The van der Waals surface area contributed by atoms with E-state index < -0.39 is 0 Å². The number of methoxy groups -OCH3 is 1. The van der Waals surface area contributed by atoms with Gasteiger partial charge in [0.2, 0.25) is 5.91 Å². The first-order chi connectivity index (χ1) is 11.8. The number of ether oxygens (including phenoxy) is 1. The van der Waals surface area contributed by atoms with Crippen LogP contribution in [0.4, 0.5) is 0 Å². The Balaban J connectivity index is 1.48. The van der Waals surface area contributed by atoms with Crippen LogP contribution in [0.1, 0.15) is 17.8 Å². The maximum Gasteiger partial charge on any atom is 0.220 e. The number of amides is 1. The molecule has 0 unspecified atom stereocenters. The zero-order valence-corrected chi connectivity index (χ0v) is 13.7. The third-order valence-corrected chi connectivity index (χ3v) is 4.00. The fraction of sp³-hybridized carbons (Fsp3) is 0.263. The molecule has 0 atom stereocenters. The van der Waals surface area contributed by atoms with Crippen LogP contribution in [0.25, 0.3) is 5.52 Å². The van der Waals surface area contributed by atoms with Crippen LogP contribution in [-0.4, -0.2) is 28.9 Å². The first-order valence-electron chi connectivity index (χ1n) is 8.07. The molecule has 1 N–H and O–H groups in total. The number of nitrogens with zero attached hydrogens (tertiary/aromatic N) is 2. The minimum absolute atomic E-state index is 0.0394. The van der Waals surface area contributed by atoms with Gasteiger partial charge in [-0.05, 0) is 30.2 Å². The van der Waals surface area contributed by atoms with Gasteiger partial charge in [0, 0.05) is 25.6 Å². The molecule has 24 heavy (non-hydrogen) atoms. The number of fused-ring (bicyclic) bond motifs is 1. The van der Waals surface area contributed by atoms with Crippen LogP contribution in [-0.2, 0) is 17.6 Å². The van der Waals surface area contributed by atoms with Gasteiger partial charge in [-0.2, -0.15) is 0 Å². The summed E-state index contributed by atoms with van der Waals surface area (Å²) in [6.07, 6.45) is 5.60. The van der Waals surface area contributed by atoms with Gasteiger partial charge >= 0.3 is 0 Å². The van der Waals surface area contributed by atoms with Gasteiger partial charge in [0.15, 0.2) is 0 Å². The van der Waals surface area contributed by atoms with E-state index in [9.17, 15) is 4.79 Å². The molecule has 1 amide bonds. The summed E-state index contributed by atoms with van der Waals surface area (Å²) in [6, 6.07) is 13.8. The number of pyridine rings is 1. The fourth-order valence-corrected chi connectivity index (χ4v) is 2.74. The Morgan fingerprint density at radius 2 is 2.00 bits per heavy atom. The molecule has 0 fully saturated rings. The highest BCUT2D eigenvalue weighted by Crippen LogP contribution is 2.17. The molecule has 0 saturated heterocycles. The van der Waals surface area contributed by atoms with Crippen molar-refractivity contribution >= 4 is 11.4 Å². The maximum absolute atomic E-state index is 12.0. The molecule has 0 aliphatic carbocycles. The molecule has 0 saturated carbocycles. The van der Waals surface area contributed by atoms with Crippen molar-refractivity contribution in [2.75, 3.05) is 13.7 Å². The maximum atomic E-state index is 12.0. The quantitative estimate of drug-likeness (QED) is 0.727. The molecule has 5 heteroatoms. The highest BCUT2D eigenvalue weighted by atomic mass is 16.5. The highest BCUT2D eigenvalue weighted by Gasteiger charge is 2.07. The number of carbonyl (C=O) groups excluding carboxylic acids is 1. The summed E-state index contributed by atoms with van der Waals surface area (Å²) in [5.41, 5.74) is 2.14. The number of imidazole rings is 1. The number of aryl methyl sites for hydroxylation is 1. The summed E-state index contributed by atoms with van der Waals surface area (Å²) in [5.74, 6) is 1.80. The van der Waals surface area contributed by atoms with Gasteiger partial charge in [-0.1, -0.05) is 24.3 Å². The molecule has 0 aliphatic rings. The molecule has 2 heterocycles. The van der Waals surface area contributed by atoms with Gasteiger partial charge in [-0.3, -0.25) is 4.79 Å². The van der Waals surface area contributed by atoms with Gasteiger partial charge in [-0.25, -0.2) is 4.98 Å². The van der Waals surface area contributed by atoms with Gasteiger partial charge in [0.05, 0.1) is 18.8 Å². The van der Waals surface area contributed by atoms with Crippen molar-refractivity contribution in [2.24, 2.45) is 0 Å². The summed E-state index contributed by atoms with van der Waals surface area (Å²) < 4.78 is 7.33. The minimum atomic E-state index is 0.0394. The number of carbonyl (C=O) groups is 1. The highest BCUT2D eigenvalue weighted by molar-refractivity contribution is 5.76. The Kier molecular flexibility index (Phi) is 5.11. The van der Waals surface area contributed by atoms with Gasteiger partial charge in [0.1, 0.15) is 11.6 Å². The van der Waals surface area contributed by atoms with Crippen molar-refractivity contribution < 1.29 is 9.53 Å². The largest absolute Gasteiger partial charge is 0.496 e. The van der Waals surface area contributed by atoms with E-state index in [4.69, 9.17) is 4.74 Å². The third kappa shape index (κ3) is 3.74. The number of hydrogen-bond acceptors (Lipinski definition) is 3. The van der Waals surface area contributed by atoms with E-state index in [0.717, 1.165) is 29.1 Å². The van der Waals surface area contributed by atoms with Crippen molar-refractivity contribution in [3.63, 3.8) is 0 Å². The van der Waals surface area contributed by atoms with Crippen LogP contribution in [0.5, 0.6) is 5.75 Å². The normalized spacial score (nSPS) is 10.7. The summed E-state index contributed by atoms with van der Waals surface area (Å²) in [7, 11) is 1.66. The van der Waals surface area contributed by atoms with Gasteiger partial charge in [0.25, 0.3) is 0 Å². The Hall–Kier alpha value is -2.82. The molecule has 2 aromatic heterocycles. The zero-order chi connectivity index (χ0) is 16.8. The Bertz CT molecular complexity index is 826. The van der Waals surface area contributed by atoms with Crippen molar-refractivity contribution in [1.29, 1.82) is 0 Å². The average Bonchev–Trinajstić information content (AvgIpc) is 3.03. The molecule has 0 radical (unpaired) electrons. The average molecular weight is 323 g/mol. The Morgan fingerprint density at radius 3 is 2.88 bits per heavy atom. The van der Waals surface area contributed by atoms with Crippen LogP contribution >= 0.6 is 0 Å². The lowest BCUT2D eigenvalue weighted by atomic mass is 10.1. The molecule has 0 spiro atoms. The zero-order valence-electron chi connectivity index (χ0n) is 13.7. The van der Waals surface area contributed by atoms with E-state index >= 15 is 0 Å². The molecule has 3 aromatic rings. The predicted molar refractivity (Wildman–Crippen MR) is 93.2 cm³/mol. The predicted octanol–water partition coefficient (Wildman–Crippen LogP) is 2.63. The SMILES string of the molecule is COc1ccccc1CCNC(=O)CCc1ncc2ccccn12. The number of nitrogens with one attached hydrogen (secondary N) is 1. The number of aromatic nitrogens is 2. The Labute approximate surface area is 141 Å². The lowest BCUT2D eigenvalue weighted by Gasteiger charge is -2.09. The van der Waals surface area contributed by atoms with E-state index in [1.165, 1.54) is 0 Å². The molecule has 0 aliphatic heterocycles. The molecule has 124 valence electrons. The number of hydrogen-bond donors (Lipinski definition) is 1. The standard InChI is InChI=1S/C19H21N3O2/c1-24-17-8-3-2-6-15(17)11-12-20-19(23)10-9-18-21-14-16-7-4-5-13-22(16)18/h2-8,13-14H,9-12H2,1H3,(H,20,23). The molecule has 3 rings (SSSR count).